The van der Waals surface area contributed by atoms with Gasteiger partial charge in [0.1, 0.15) is 0 Å². The minimum atomic E-state index is 0.0456. The molecule has 0 radical (unpaired) electrons. The molecule has 1 N–H and O–H groups in total. The molecule has 3 heteroatoms. The summed E-state index contributed by atoms with van der Waals surface area (Å²) in [7, 11) is 0. The van der Waals surface area contributed by atoms with Gasteiger partial charge >= 0.3 is 0 Å². The molecule has 0 amide bonds. The highest BCUT2D eigenvalue weighted by molar-refractivity contribution is 7.99. The molecule has 0 spiro atoms. The standard InChI is InChI=1S/C15H24OS2/c1-4-10-17-13-5-7-14(8-6-13)18-11-9-15(2,3)12-16/h5-8,16H,4,9-12H2,1-3H3. The Kier molecular flexibility index (Phi) is 7.20. The summed E-state index contributed by atoms with van der Waals surface area (Å²) in [4.78, 5) is 2.68. The zero-order chi connectivity index (χ0) is 13.4. The first-order valence-corrected chi connectivity index (χ1v) is 8.51. The molecule has 0 atom stereocenters. The molecule has 18 heavy (non-hydrogen) atoms. The number of rotatable bonds is 8. The Morgan fingerprint density at radius 3 is 1.94 bits per heavy atom. The summed E-state index contributed by atoms with van der Waals surface area (Å²) in [5, 5.41) is 9.20. The van der Waals surface area contributed by atoms with Gasteiger partial charge in [-0.05, 0) is 54.0 Å². The minimum Gasteiger partial charge on any atom is -0.396 e. The quantitative estimate of drug-likeness (QED) is 0.699. The highest BCUT2D eigenvalue weighted by Crippen LogP contribution is 2.27. The summed E-state index contributed by atoms with van der Waals surface area (Å²) in [6.45, 7) is 6.69. The second-order valence-corrected chi connectivity index (χ2v) is 7.58. The fourth-order valence-corrected chi connectivity index (χ4v) is 3.36. The molecule has 0 aliphatic carbocycles. The van der Waals surface area contributed by atoms with Gasteiger partial charge in [0.25, 0.3) is 0 Å². The molecule has 0 saturated carbocycles. The maximum absolute atomic E-state index is 9.20. The topological polar surface area (TPSA) is 20.2 Å². The third kappa shape index (κ3) is 6.17. The number of aliphatic hydroxyl groups excluding tert-OH is 1. The lowest BCUT2D eigenvalue weighted by Crippen LogP contribution is -2.17. The second kappa shape index (κ2) is 8.13. The van der Waals surface area contributed by atoms with Gasteiger partial charge in [-0.25, -0.2) is 0 Å². The van der Waals surface area contributed by atoms with Crippen molar-refractivity contribution in [2.45, 2.75) is 43.4 Å². The van der Waals surface area contributed by atoms with Gasteiger partial charge in [-0.2, -0.15) is 0 Å². The van der Waals surface area contributed by atoms with Crippen LogP contribution < -0.4 is 0 Å². The third-order valence-electron chi connectivity index (χ3n) is 2.77. The molecule has 0 unspecified atom stereocenters. The maximum atomic E-state index is 9.20. The molecule has 1 aromatic carbocycles. The molecule has 0 aromatic heterocycles. The molecule has 0 fully saturated rings. The van der Waals surface area contributed by atoms with Crippen molar-refractivity contribution in [2.75, 3.05) is 18.1 Å². The molecule has 0 saturated heterocycles. The molecule has 1 nitrogen and oxygen atoms in total. The van der Waals surface area contributed by atoms with Crippen molar-refractivity contribution < 1.29 is 5.11 Å². The first-order chi connectivity index (χ1) is 8.57. The molecule has 0 bridgehead atoms. The monoisotopic (exact) mass is 284 g/mol. The van der Waals surface area contributed by atoms with E-state index in [2.05, 4.69) is 45.0 Å². The smallest absolute Gasteiger partial charge is 0.0482 e. The third-order valence-corrected chi connectivity index (χ3v) is 5.00. The molecule has 0 heterocycles. The molecular weight excluding hydrogens is 260 g/mol. The summed E-state index contributed by atoms with van der Waals surface area (Å²) in [6.07, 6.45) is 2.26. The summed E-state index contributed by atoms with van der Waals surface area (Å²) < 4.78 is 0. The van der Waals surface area contributed by atoms with E-state index in [1.165, 1.54) is 22.0 Å². The maximum Gasteiger partial charge on any atom is 0.0482 e. The van der Waals surface area contributed by atoms with E-state index >= 15 is 0 Å². The lowest BCUT2D eigenvalue weighted by Gasteiger charge is -2.20. The first-order valence-electron chi connectivity index (χ1n) is 6.54. The van der Waals surface area contributed by atoms with Crippen LogP contribution in [0, 0.1) is 5.41 Å². The number of aliphatic hydroxyl groups is 1. The SMILES string of the molecule is CCCSc1ccc(SCCC(C)(C)CO)cc1. The van der Waals surface area contributed by atoms with Gasteiger partial charge in [-0.3, -0.25) is 0 Å². The van der Waals surface area contributed by atoms with Gasteiger partial charge in [0.05, 0.1) is 0 Å². The highest BCUT2D eigenvalue weighted by Gasteiger charge is 2.15. The number of hydrogen-bond acceptors (Lipinski definition) is 3. The van der Waals surface area contributed by atoms with Gasteiger partial charge in [-0.15, -0.1) is 23.5 Å². The van der Waals surface area contributed by atoms with Gasteiger partial charge in [0.2, 0.25) is 0 Å². The molecule has 0 aliphatic rings. The first kappa shape index (κ1) is 15.9. The summed E-state index contributed by atoms with van der Waals surface area (Å²) in [5.74, 6) is 2.26. The molecular formula is C15H24OS2. The Morgan fingerprint density at radius 1 is 1.00 bits per heavy atom. The van der Waals surface area contributed by atoms with E-state index in [0.717, 1.165) is 12.2 Å². The van der Waals surface area contributed by atoms with Gasteiger partial charge in [-0.1, -0.05) is 20.8 Å². The number of benzene rings is 1. The molecule has 1 rings (SSSR count). The van der Waals surface area contributed by atoms with E-state index in [4.69, 9.17) is 0 Å². The van der Waals surface area contributed by atoms with Crippen molar-refractivity contribution in [3.05, 3.63) is 24.3 Å². The van der Waals surface area contributed by atoms with Crippen LogP contribution in [-0.2, 0) is 0 Å². The van der Waals surface area contributed by atoms with E-state index in [-0.39, 0.29) is 12.0 Å². The van der Waals surface area contributed by atoms with Crippen molar-refractivity contribution in [3.8, 4) is 0 Å². The Balaban J connectivity index is 2.35. The van der Waals surface area contributed by atoms with E-state index in [1.807, 2.05) is 23.5 Å². The fourth-order valence-electron chi connectivity index (χ4n) is 1.38. The normalized spacial score (nSPS) is 11.8. The Labute approximate surface area is 120 Å². The van der Waals surface area contributed by atoms with Crippen LogP contribution in [0.2, 0.25) is 0 Å². The van der Waals surface area contributed by atoms with Crippen molar-refractivity contribution in [1.29, 1.82) is 0 Å². The average molecular weight is 284 g/mol. The lowest BCUT2D eigenvalue weighted by molar-refractivity contribution is 0.157. The zero-order valence-electron chi connectivity index (χ0n) is 11.6. The summed E-state index contributed by atoms with van der Waals surface area (Å²) in [6, 6.07) is 8.82. The van der Waals surface area contributed by atoms with Crippen LogP contribution >= 0.6 is 23.5 Å². The van der Waals surface area contributed by atoms with E-state index in [9.17, 15) is 5.11 Å². The number of hydrogen-bond donors (Lipinski definition) is 1. The molecule has 102 valence electrons. The van der Waals surface area contributed by atoms with Crippen LogP contribution in [0.5, 0.6) is 0 Å². The predicted molar refractivity (Wildman–Crippen MR) is 83.7 cm³/mol. The second-order valence-electron chi connectivity index (χ2n) is 5.24. The Bertz CT molecular complexity index is 333. The summed E-state index contributed by atoms with van der Waals surface area (Å²) in [5.41, 5.74) is 0.0456. The largest absolute Gasteiger partial charge is 0.396 e. The van der Waals surface area contributed by atoms with Gasteiger partial charge < -0.3 is 5.11 Å². The van der Waals surface area contributed by atoms with Crippen LogP contribution in [0.4, 0.5) is 0 Å². The fraction of sp³-hybridized carbons (Fsp3) is 0.600. The van der Waals surface area contributed by atoms with Crippen molar-refractivity contribution in [3.63, 3.8) is 0 Å². The Hall–Kier alpha value is -0.120. The molecule has 1 aromatic rings. The zero-order valence-corrected chi connectivity index (χ0v) is 13.2. The van der Waals surface area contributed by atoms with Crippen LogP contribution in [0.15, 0.2) is 34.1 Å². The predicted octanol–water partition coefficient (Wildman–Crippen LogP) is 4.69. The van der Waals surface area contributed by atoms with Crippen molar-refractivity contribution in [2.24, 2.45) is 5.41 Å². The van der Waals surface area contributed by atoms with E-state index in [1.54, 1.807) is 0 Å². The van der Waals surface area contributed by atoms with Crippen LogP contribution in [0.3, 0.4) is 0 Å². The minimum absolute atomic E-state index is 0.0456. The van der Waals surface area contributed by atoms with Gasteiger partial charge in [0, 0.05) is 16.4 Å². The Morgan fingerprint density at radius 2 is 1.50 bits per heavy atom. The van der Waals surface area contributed by atoms with Gasteiger partial charge in [0.15, 0.2) is 0 Å². The van der Waals surface area contributed by atoms with Crippen molar-refractivity contribution in [1.82, 2.24) is 0 Å². The van der Waals surface area contributed by atoms with Crippen molar-refractivity contribution >= 4 is 23.5 Å². The average Bonchev–Trinajstić information content (AvgIpc) is 2.38. The van der Waals surface area contributed by atoms with Crippen LogP contribution in [-0.4, -0.2) is 23.2 Å². The van der Waals surface area contributed by atoms with E-state index in [0.29, 0.717) is 0 Å². The van der Waals surface area contributed by atoms with Crippen LogP contribution in [0.25, 0.3) is 0 Å². The number of thioether (sulfide) groups is 2. The summed E-state index contributed by atoms with van der Waals surface area (Å²) >= 11 is 3.79. The van der Waals surface area contributed by atoms with E-state index < -0.39 is 0 Å². The molecule has 0 aliphatic heterocycles. The lowest BCUT2D eigenvalue weighted by atomic mass is 9.92. The van der Waals surface area contributed by atoms with Crippen LogP contribution in [0.1, 0.15) is 33.6 Å². The highest BCUT2D eigenvalue weighted by atomic mass is 32.2.